The van der Waals surface area contributed by atoms with Crippen molar-refractivity contribution in [1.29, 1.82) is 4.78 Å². The molecule has 1 aliphatic heterocycles. The summed E-state index contributed by atoms with van der Waals surface area (Å²) in [5, 5.41) is 6.01. The maximum Gasteiger partial charge on any atom is 0.251 e. The molecule has 3 aromatic rings. The number of fused-ring (bicyclic) bond motifs is 1. The molecule has 1 aromatic carbocycles. The number of carbonyl (C=O) groups is 1. The zero-order valence-corrected chi connectivity index (χ0v) is 18.4. The zero-order chi connectivity index (χ0) is 22.2. The molecule has 0 fully saturated rings. The summed E-state index contributed by atoms with van der Waals surface area (Å²) in [6, 6.07) is 11.0. The fourth-order valence-electron chi connectivity index (χ4n) is 3.60. The number of nitrogens with zero attached hydrogens (tertiary/aromatic N) is 3. The van der Waals surface area contributed by atoms with Crippen LogP contribution in [0.2, 0.25) is 0 Å². The van der Waals surface area contributed by atoms with Crippen LogP contribution < -0.4 is 10.6 Å². The molecule has 1 amide bonds. The van der Waals surface area contributed by atoms with E-state index in [4.69, 9.17) is 4.78 Å². The van der Waals surface area contributed by atoms with E-state index in [0.717, 1.165) is 22.4 Å². The first kappa shape index (κ1) is 20.9. The van der Waals surface area contributed by atoms with Gasteiger partial charge >= 0.3 is 0 Å². The first-order valence-corrected chi connectivity index (χ1v) is 11.9. The summed E-state index contributed by atoms with van der Waals surface area (Å²) in [6.45, 7) is 4.79. The molecule has 2 aromatic heterocycles. The van der Waals surface area contributed by atoms with Crippen molar-refractivity contribution in [2.24, 2.45) is 0 Å². The van der Waals surface area contributed by atoms with Gasteiger partial charge in [-0.1, -0.05) is 19.9 Å². The topological polar surface area (TPSA) is 121 Å². The molecule has 0 saturated carbocycles. The average Bonchev–Trinajstić information content (AvgIpc) is 2.70. The quantitative estimate of drug-likeness (QED) is 0.563. The molecule has 31 heavy (non-hydrogen) atoms. The van der Waals surface area contributed by atoms with Crippen LogP contribution in [-0.2, 0) is 20.9 Å². The van der Waals surface area contributed by atoms with Crippen molar-refractivity contribution in [1.82, 2.24) is 20.3 Å². The second kappa shape index (κ2) is 7.73. The van der Waals surface area contributed by atoms with Gasteiger partial charge in [-0.3, -0.25) is 9.57 Å². The van der Waals surface area contributed by atoms with Crippen LogP contribution in [0.5, 0.6) is 0 Å². The fourth-order valence-corrected chi connectivity index (χ4v) is 4.41. The number of anilines is 2. The van der Waals surface area contributed by atoms with Crippen molar-refractivity contribution in [2.75, 3.05) is 18.1 Å². The van der Waals surface area contributed by atoms with Gasteiger partial charge in [-0.05, 0) is 41.5 Å². The molecule has 4 rings (SSSR count). The van der Waals surface area contributed by atoms with E-state index in [1.165, 1.54) is 6.26 Å². The third-order valence-corrected chi connectivity index (χ3v) is 6.03. The van der Waals surface area contributed by atoms with Gasteiger partial charge in [0, 0.05) is 51.5 Å². The van der Waals surface area contributed by atoms with E-state index >= 15 is 0 Å². The van der Waals surface area contributed by atoms with E-state index in [1.807, 2.05) is 24.3 Å². The largest absolute Gasteiger partial charge is 0.351 e. The van der Waals surface area contributed by atoms with Gasteiger partial charge in [0.15, 0.2) is 0 Å². The van der Waals surface area contributed by atoms with Crippen LogP contribution in [0.4, 0.5) is 11.8 Å². The molecule has 1 unspecified atom stereocenters. The smallest absolute Gasteiger partial charge is 0.251 e. The average molecular weight is 437 g/mol. The fraction of sp³-hybridized carbons (Fsp3) is 0.273. The van der Waals surface area contributed by atoms with Crippen molar-refractivity contribution < 1.29 is 9.00 Å². The number of aromatic nitrogens is 3. The van der Waals surface area contributed by atoms with Crippen LogP contribution in [0.1, 0.15) is 35.3 Å². The van der Waals surface area contributed by atoms with Crippen molar-refractivity contribution >= 4 is 27.4 Å². The number of nitrogens with one attached hydrogen (secondary N) is 3. The molecule has 3 N–H and O–H groups in total. The summed E-state index contributed by atoms with van der Waals surface area (Å²) < 4.78 is 19.4. The van der Waals surface area contributed by atoms with E-state index < -0.39 is 9.73 Å². The number of benzene rings is 1. The summed E-state index contributed by atoms with van der Waals surface area (Å²) in [5.41, 5.74) is 3.89. The Morgan fingerprint density at radius 3 is 2.71 bits per heavy atom. The minimum absolute atomic E-state index is 0.0550. The predicted molar refractivity (Wildman–Crippen MR) is 121 cm³/mol. The van der Waals surface area contributed by atoms with Gasteiger partial charge < -0.3 is 10.6 Å². The molecule has 8 nitrogen and oxygen atoms in total. The van der Waals surface area contributed by atoms with Crippen molar-refractivity contribution in [3.63, 3.8) is 0 Å². The summed E-state index contributed by atoms with van der Waals surface area (Å²) >= 11 is 0. The monoisotopic (exact) mass is 436 g/mol. The van der Waals surface area contributed by atoms with Crippen LogP contribution >= 0.6 is 0 Å². The van der Waals surface area contributed by atoms with Crippen LogP contribution in [0.15, 0.2) is 48.8 Å². The molecule has 3 heterocycles. The van der Waals surface area contributed by atoms with Crippen molar-refractivity contribution in [3.05, 3.63) is 65.5 Å². The van der Waals surface area contributed by atoms with E-state index in [9.17, 15) is 9.00 Å². The Kier molecular flexibility index (Phi) is 5.22. The van der Waals surface area contributed by atoms with Gasteiger partial charge in [0.25, 0.3) is 5.91 Å². The molecular weight excluding hydrogens is 412 g/mol. The Hall–Kier alpha value is -3.33. The highest BCUT2D eigenvalue weighted by Gasteiger charge is 2.31. The normalized spacial score (nSPS) is 16.7. The number of carbonyl (C=O) groups excluding carboxylic acids is 1. The Bertz CT molecular complexity index is 1270. The lowest BCUT2D eigenvalue weighted by atomic mass is 9.78. The van der Waals surface area contributed by atoms with Gasteiger partial charge in [-0.25, -0.2) is 19.2 Å². The highest BCUT2D eigenvalue weighted by atomic mass is 32.2. The third kappa shape index (κ3) is 4.72. The molecule has 0 spiro atoms. The molecule has 9 heteroatoms. The lowest BCUT2D eigenvalue weighted by molar-refractivity contribution is 0.0930. The van der Waals surface area contributed by atoms with Crippen LogP contribution in [0.3, 0.4) is 0 Å². The lowest BCUT2D eigenvalue weighted by Crippen LogP contribution is -2.43. The molecule has 1 atom stereocenters. The van der Waals surface area contributed by atoms with Crippen LogP contribution in [-0.4, -0.2) is 37.9 Å². The minimum atomic E-state index is -2.65. The van der Waals surface area contributed by atoms with E-state index in [0.29, 0.717) is 23.9 Å². The molecule has 0 aliphatic carbocycles. The Labute approximate surface area is 181 Å². The Morgan fingerprint density at radius 2 is 1.94 bits per heavy atom. The predicted octanol–water partition coefficient (Wildman–Crippen LogP) is 3.48. The Balaban J connectivity index is 1.63. The van der Waals surface area contributed by atoms with Crippen LogP contribution in [0.25, 0.3) is 11.3 Å². The number of hydrogen-bond donors (Lipinski definition) is 3. The second-order valence-corrected chi connectivity index (χ2v) is 10.7. The number of amides is 1. The lowest BCUT2D eigenvalue weighted by Gasteiger charge is -2.32. The van der Waals surface area contributed by atoms with E-state index in [1.54, 1.807) is 24.5 Å². The van der Waals surface area contributed by atoms with Gasteiger partial charge in [-0.2, -0.15) is 0 Å². The Morgan fingerprint density at radius 1 is 1.16 bits per heavy atom. The SMILES string of the molecule is CC1(C)CNC(=O)c2ccc(-c3ccnc(Nc4cc(CS(C)(=N)=O)ccn4)n3)cc21. The maximum atomic E-state index is 12.2. The highest BCUT2D eigenvalue weighted by molar-refractivity contribution is 7.90. The van der Waals surface area contributed by atoms with Crippen molar-refractivity contribution in [2.45, 2.75) is 25.0 Å². The van der Waals surface area contributed by atoms with Gasteiger partial charge in [0.2, 0.25) is 5.95 Å². The molecule has 1 aliphatic rings. The summed E-state index contributed by atoms with van der Waals surface area (Å²) in [5.74, 6) is 0.992. The molecular formula is C22H24N6O2S. The van der Waals surface area contributed by atoms with Gasteiger partial charge in [0.1, 0.15) is 5.82 Å². The minimum Gasteiger partial charge on any atom is -0.351 e. The molecule has 160 valence electrons. The number of hydrogen-bond acceptors (Lipinski definition) is 7. The maximum absolute atomic E-state index is 12.2. The standard InChI is InChI=1S/C22H24N6O2S/c1-22(2)13-26-20(29)16-5-4-15(11-17(16)22)18-7-9-25-21(27-18)28-19-10-14(6-8-24-19)12-31(3,23)30/h4-11,23H,12-13H2,1-3H3,(H,26,29)(H,24,25,27,28). The van der Waals surface area contributed by atoms with E-state index in [2.05, 4.69) is 39.4 Å². The van der Waals surface area contributed by atoms with Gasteiger partial charge in [0.05, 0.1) is 11.4 Å². The summed E-state index contributed by atoms with van der Waals surface area (Å²) in [4.78, 5) is 25.3. The van der Waals surface area contributed by atoms with E-state index in [-0.39, 0.29) is 17.1 Å². The number of pyridine rings is 1. The first-order chi connectivity index (χ1) is 14.6. The summed E-state index contributed by atoms with van der Waals surface area (Å²) in [7, 11) is -2.65. The molecule has 0 radical (unpaired) electrons. The molecule has 0 bridgehead atoms. The van der Waals surface area contributed by atoms with Gasteiger partial charge in [-0.15, -0.1) is 0 Å². The number of rotatable bonds is 5. The third-order valence-electron chi connectivity index (χ3n) is 5.14. The second-order valence-electron chi connectivity index (χ2n) is 8.42. The highest BCUT2D eigenvalue weighted by Crippen LogP contribution is 2.33. The first-order valence-electron chi connectivity index (χ1n) is 9.80. The van der Waals surface area contributed by atoms with Crippen molar-refractivity contribution in [3.8, 4) is 11.3 Å². The molecule has 0 saturated heterocycles. The summed E-state index contributed by atoms with van der Waals surface area (Å²) in [6.07, 6.45) is 4.67. The van der Waals surface area contributed by atoms with Crippen LogP contribution in [0, 0.1) is 4.78 Å². The zero-order valence-electron chi connectivity index (χ0n) is 17.6.